The summed E-state index contributed by atoms with van der Waals surface area (Å²) in [6.45, 7) is 0. The van der Waals surface area contributed by atoms with Gasteiger partial charge < -0.3 is 5.73 Å². The zero-order valence-corrected chi connectivity index (χ0v) is 7.79. The molecule has 2 atom stereocenters. The van der Waals surface area contributed by atoms with Gasteiger partial charge in [-0.1, -0.05) is 12.1 Å². The number of rotatable bonds is 2. The Morgan fingerprint density at radius 1 is 1.29 bits per heavy atom. The predicted molar refractivity (Wildman–Crippen MR) is 52.3 cm³/mol. The van der Waals surface area contributed by atoms with Gasteiger partial charge in [-0.2, -0.15) is 0 Å². The van der Waals surface area contributed by atoms with Crippen LogP contribution in [0.25, 0.3) is 0 Å². The third-order valence-corrected chi connectivity index (χ3v) is 2.99. The minimum absolute atomic E-state index is 0.0125. The zero-order valence-electron chi connectivity index (χ0n) is 7.79. The Kier molecular flexibility index (Phi) is 2.40. The van der Waals surface area contributed by atoms with Crippen molar-refractivity contribution < 1.29 is 8.78 Å². The van der Waals surface area contributed by atoms with Gasteiger partial charge in [-0.25, -0.2) is 8.78 Å². The van der Waals surface area contributed by atoms with E-state index in [1.165, 1.54) is 0 Å². The largest absolute Gasteiger partial charge is 0.399 e. The Bertz CT molecular complexity index is 325. The minimum atomic E-state index is -2.20. The van der Waals surface area contributed by atoms with Crippen LogP contribution in [0.4, 0.5) is 14.5 Å². The molecule has 0 unspecified atom stereocenters. The summed E-state index contributed by atoms with van der Waals surface area (Å²) in [6.07, 6.45) is -0.703. The highest BCUT2D eigenvalue weighted by Crippen LogP contribution is 2.45. The molecule has 0 amide bonds. The molecule has 0 radical (unpaired) electrons. The third kappa shape index (κ3) is 1.59. The van der Waals surface area contributed by atoms with Crippen LogP contribution in [0, 0.1) is 5.92 Å². The molecule has 3 heteroatoms. The zero-order chi connectivity index (χ0) is 10.1. The SMILES string of the molecule is Nc1cccc([C@@H]2CC[C@H]2C(F)F)c1. The monoisotopic (exact) mass is 197 g/mol. The summed E-state index contributed by atoms with van der Waals surface area (Å²) in [5.41, 5.74) is 7.22. The van der Waals surface area contributed by atoms with Crippen molar-refractivity contribution >= 4 is 5.69 Å². The molecule has 2 N–H and O–H groups in total. The average Bonchev–Trinajstić information content (AvgIpc) is 2.00. The van der Waals surface area contributed by atoms with Gasteiger partial charge in [-0.15, -0.1) is 0 Å². The number of hydrogen-bond acceptors (Lipinski definition) is 1. The number of halogens is 2. The van der Waals surface area contributed by atoms with Gasteiger partial charge in [-0.05, 0) is 36.5 Å². The second-order valence-electron chi connectivity index (χ2n) is 3.85. The van der Waals surface area contributed by atoms with Crippen LogP contribution in [0.5, 0.6) is 0 Å². The number of benzene rings is 1. The van der Waals surface area contributed by atoms with E-state index in [4.69, 9.17) is 5.73 Å². The van der Waals surface area contributed by atoms with Crippen molar-refractivity contribution in [1.82, 2.24) is 0 Å². The molecule has 76 valence electrons. The number of alkyl halides is 2. The molecule has 1 aromatic rings. The maximum atomic E-state index is 12.5. The standard InChI is InChI=1S/C11H13F2N/c12-11(13)10-5-4-9(10)7-2-1-3-8(14)6-7/h1-3,6,9-11H,4-5,14H2/t9-,10+/m0/s1. The quantitative estimate of drug-likeness (QED) is 0.724. The summed E-state index contributed by atoms with van der Waals surface area (Å²) >= 11 is 0. The molecule has 2 rings (SSSR count). The molecule has 14 heavy (non-hydrogen) atoms. The van der Waals surface area contributed by atoms with E-state index in [-0.39, 0.29) is 5.92 Å². The van der Waals surface area contributed by atoms with E-state index >= 15 is 0 Å². The van der Waals surface area contributed by atoms with Gasteiger partial charge in [0.15, 0.2) is 0 Å². The van der Waals surface area contributed by atoms with Gasteiger partial charge in [0.2, 0.25) is 6.43 Å². The maximum Gasteiger partial charge on any atom is 0.242 e. The van der Waals surface area contributed by atoms with E-state index in [0.29, 0.717) is 12.1 Å². The summed E-state index contributed by atoms with van der Waals surface area (Å²) in [5, 5.41) is 0. The maximum absolute atomic E-state index is 12.5. The van der Waals surface area contributed by atoms with Gasteiger partial charge in [0, 0.05) is 11.6 Å². The lowest BCUT2D eigenvalue weighted by Crippen LogP contribution is -2.29. The summed E-state index contributed by atoms with van der Waals surface area (Å²) in [6, 6.07) is 7.29. The van der Waals surface area contributed by atoms with Gasteiger partial charge in [0.25, 0.3) is 0 Å². The molecule has 0 heterocycles. The van der Waals surface area contributed by atoms with Crippen LogP contribution < -0.4 is 5.73 Å². The van der Waals surface area contributed by atoms with Gasteiger partial charge in [0.1, 0.15) is 0 Å². The molecule has 1 aliphatic carbocycles. The van der Waals surface area contributed by atoms with E-state index in [9.17, 15) is 8.78 Å². The molecule has 0 aromatic heterocycles. The first-order valence-electron chi connectivity index (χ1n) is 4.82. The van der Waals surface area contributed by atoms with Crippen molar-refractivity contribution in [1.29, 1.82) is 0 Å². The molecule has 0 bridgehead atoms. The van der Waals surface area contributed by atoms with E-state index in [0.717, 1.165) is 12.0 Å². The van der Waals surface area contributed by atoms with Crippen LogP contribution in [-0.2, 0) is 0 Å². The highest BCUT2D eigenvalue weighted by molar-refractivity contribution is 5.42. The van der Waals surface area contributed by atoms with Crippen molar-refractivity contribution in [2.24, 2.45) is 5.92 Å². The Morgan fingerprint density at radius 2 is 2.07 bits per heavy atom. The molecule has 1 aromatic carbocycles. The number of anilines is 1. The fraction of sp³-hybridized carbons (Fsp3) is 0.455. The van der Waals surface area contributed by atoms with E-state index in [1.54, 1.807) is 12.1 Å². The summed E-state index contributed by atoms with van der Waals surface area (Å²) in [4.78, 5) is 0. The van der Waals surface area contributed by atoms with Crippen molar-refractivity contribution in [2.45, 2.75) is 25.2 Å². The molecule has 1 aliphatic rings. The first kappa shape index (κ1) is 9.44. The van der Waals surface area contributed by atoms with Crippen LogP contribution in [0.3, 0.4) is 0 Å². The fourth-order valence-electron chi connectivity index (χ4n) is 2.03. The highest BCUT2D eigenvalue weighted by atomic mass is 19.3. The van der Waals surface area contributed by atoms with Gasteiger partial charge in [0.05, 0.1) is 0 Å². The Labute approximate surface area is 81.9 Å². The summed E-state index contributed by atoms with van der Waals surface area (Å²) in [5.74, 6) is -0.449. The topological polar surface area (TPSA) is 26.0 Å². The molecular weight excluding hydrogens is 184 g/mol. The van der Waals surface area contributed by atoms with E-state index < -0.39 is 12.3 Å². The predicted octanol–water partition coefficient (Wildman–Crippen LogP) is 3.03. The van der Waals surface area contributed by atoms with Crippen LogP contribution in [0.2, 0.25) is 0 Å². The molecule has 0 spiro atoms. The molecule has 1 fully saturated rings. The summed E-state index contributed by atoms with van der Waals surface area (Å²) in [7, 11) is 0. The Balaban J connectivity index is 2.16. The Morgan fingerprint density at radius 3 is 2.57 bits per heavy atom. The first-order chi connectivity index (χ1) is 6.68. The molecule has 0 saturated heterocycles. The van der Waals surface area contributed by atoms with Crippen molar-refractivity contribution in [3.63, 3.8) is 0 Å². The van der Waals surface area contributed by atoms with Crippen LogP contribution in [-0.4, -0.2) is 6.43 Å². The van der Waals surface area contributed by atoms with Crippen LogP contribution >= 0.6 is 0 Å². The number of nitrogens with two attached hydrogens (primary N) is 1. The molecule has 0 aliphatic heterocycles. The fourth-order valence-corrected chi connectivity index (χ4v) is 2.03. The molecular formula is C11H13F2N. The smallest absolute Gasteiger partial charge is 0.242 e. The molecule has 1 nitrogen and oxygen atoms in total. The summed E-state index contributed by atoms with van der Waals surface area (Å²) < 4.78 is 25.0. The number of nitrogen functional groups attached to an aromatic ring is 1. The average molecular weight is 197 g/mol. The van der Waals surface area contributed by atoms with E-state index in [2.05, 4.69) is 0 Å². The minimum Gasteiger partial charge on any atom is -0.399 e. The van der Waals surface area contributed by atoms with Gasteiger partial charge >= 0.3 is 0 Å². The first-order valence-corrected chi connectivity index (χ1v) is 4.82. The second kappa shape index (κ2) is 3.56. The highest BCUT2D eigenvalue weighted by Gasteiger charge is 2.38. The lowest BCUT2D eigenvalue weighted by atomic mass is 9.70. The second-order valence-corrected chi connectivity index (χ2v) is 3.85. The van der Waals surface area contributed by atoms with Crippen LogP contribution in [0.1, 0.15) is 24.3 Å². The normalized spacial score (nSPS) is 26.2. The Hall–Kier alpha value is -1.12. The van der Waals surface area contributed by atoms with Gasteiger partial charge in [-0.3, -0.25) is 0 Å². The van der Waals surface area contributed by atoms with Crippen LogP contribution in [0.15, 0.2) is 24.3 Å². The lowest BCUT2D eigenvalue weighted by Gasteiger charge is -2.36. The van der Waals surface area contributed by atoms with E-state index in [1.807, 2.05) is 12.1 Å². The lowest BCUT2D eigenvalue weighted by molar-refractivity contribution is 0.0168. The van der Waals surface area contributed by atoms with Crippen molar-refractivity contribution in [3.8, 4) is 0 Å². The number of hydrogen-bond donors (Lipinski definition) is 1. The van der Waals surface area contributed by atoms with Crippen molar-refractivity contribution in [3.05, 3.63) is 29.8 Å². The third-order valence-electron chi connectivity index (χ3n) is 2.99. The van der Waals surface area contributed by atoms with Crippen molar-refractivity contribution in [2.75, 3.05) is 5.73 Å². The molecule has 1 saturated carbocycles.